The Labute approximate surface area is 148 Å². The highest BCUT2D eigenvalue weighted by Gasteiger charge is 2.18. The molecule has 2 aromatic carbocycles. The van der Waals surface area contributed by atoms with Gasteiger partial charge < -0.3 is 10.4 Å². The Morgan fingerprint density at radius 3 is 2.65 bits per heavy atom. The van der Waals surface area contributed by atoms with Crippen LogP contribution >= 0.6 is 11.6 Å². The van der Waals surface area contributed by atoms with E-state index in [0.29, 0.717) is 6.07 Å². The van der Waals surface area contributed by atoms with Crippen LogP contribution in [0, 0.1) is 27.6 Å². The number of aromatic hydroxyl groups is 1. The molecule has 0 fully saturated rings. The van der Waals surface area contributed by atoms with Crippen molar-refractivity contribution in [2.24, 2.45) is 4.99 Å². The van der Waals surface area contributed by atoms with Crippen LogP contribution in [0.25, 0.3) is 0 Å². The van der Waals surface area contributed by atoms with E-state index >= 15 is 0 Å². The number of nitrogens with one attached hydrogen (secondary N) is 1. The predicted octanol–water partition coefficient (Wildman–Crippen LogP) is 3.43. The van der Waals surface area contributed by atoms with Crippen LogP contribution in [-0.2, 0) is 4.79 Å². The van der Waals surface area contributed by atoms with Crippen molar-refractivity contribution in [1.82, 2.24) is 0 Å². The number of phenolic OH excluding ortho intramolecular Hbond substituents is 1. The molecule has 0 saturated heterocycles. The van der Waals surface area contributed by atoms with Crippen molar-refractivity contribution in [2.75, 3.05) is 11.9 Å². The summed E-state index contributed by atoms with van der Waals surface area (Å²) in [4.78, 5) is 25.2. The first-order valence-corrected chi connectivity index (χ1v) is 7.18. The van der Waals surface area contributed by atoms with Gasteiger partial charge in [0, 0.05) is 22.9 Å². The highest BCUT2D eigenvalue weighted by Crippen LogP contribution is 2.32. The van der Waals surface area contributed by atoms with Crippen LogP contribution < -0.4 is 5.32 Å². The zero-order chi connectivity index (χ0) is 19.4. The first kappa shape index (κ1) is 19.2. The summed E-state index contributed by atoms with van der Waals surface area (Å²) in [5.74, 6) is -6.28. The summed E-state index contributed by atoms with van der Waals surface area (Å²) < 4.78 is 39.3. The van der Waals surface area contributed by atoms with Gasteiger partial charge in [0.1, 0.15) is 6.54 Å². The molecule has 0 heterocycles. The smallest absolute Gasteiger partial charge is 0.312 e. The normalized spacial score (nSPS) is 10.9. The molecule has 0 bridgehead atoms. The second-order valence-corrected chi connectivity index (χ2v) is 5.30. The number of anilines is 1. The minimum absolute atomic E-state index is 0.0377. The maximum Gasteiger partial charge on any atom is 0.312 e. The molecule has 1 amide bonds. The molecular formula is C15H9ClF3N3O4. The molecule has 0 atom stereocenters. The van der Waals surface area contributed by atoms with Gasteiger partial charge in [0.2, 0.25) is 11.7 Å². The summed E-state index contributed by atoms with van der Waals surface area (Å²) in [5.41, 5.74) is -1.34. The van der Waals surface area contributed by atoms with Crippen molar-refractivity contribution in [1.29, 1.82) is 0 Å². The molecule has 0 saturated carbocycles. The highest BCUT2D eigenvalue weighted by molar-refractivity contribution is 6.31. The van der Waals surface area contributed by atoms with Gasteiger partial charge >= 0.3 is 5.69 Å². The molecule has 0 aliphatic heterocycles. The van der Waals surface area contributed by atoms with Gasteiger partial charge in [-0.2, -0.15) is 0 Å². The number of rotatable bonds is 5. The number of aliphatic imine (C=N–C) groups is 1. The average molecular weight is 388 g/mol. The molecule has 2 rings (SSSR count). The third-order valence-electron chi connectivity index (χ3n) is 3.06. The summed E-state index contributed by atoms with van der Waals surface area (Å²) >= 11 is 5.70. The molecular weight excluding hydrogens is 379 g/mol. The van der Waals surface area contributed by atoms with Crippen LogP contribution in [0.2, 0.25) is 5.02 Å². The number of carbonyl (C=O) groups excluding carboxylic acids is 1. The predicted molar refractivity (Wildman–Crippen MR) is 87.2 cm³/mol. The van der Waals surface area contributed by atoms with E-state index in [1.165, 1.54) is 6.07 Å². The lowest BCUT2D eigenvalue weighted by Crippen LogP contribution is -2.16. The van der Waals surface area contributed by atoms with E-state index < -0.39 is 52.0 Å². The Hall–Kier alpha value is -3.14. The minimum Gasteiger partial charge on any atom is -0.502 e. The maximum absolute atomic E-state index is 13.4. The van der Waals surface area contributed by atoms with Crippen molar-refractivity contribution < 1.29 is 28.0 Å². The van der Waals surface area contributed by atoms with E-state index in [1.807, 2.05) is 5.32 Å². The molecule has 11 heteroatoms. The number of hydrogen-bond donors (Lipinski definition) is 2. The van der Waals surface area contributed by atoms with Gasteiger partial charge in [0.25, 0.3) is 0 Å². The molecule has 2 aromatic rings. The number of nitro groups is 1. The van der Waals surface area contributed by atoms with E-state index in [-0.39, 0.29) is 10.6 Å². The number of nitro benzene ring substituents is 1. The zero-order valence-corrected chi connectivity index (χ0v) is 13.4. The van der Waals surface area contributed by atoms with Gasteiger partial charge in [0.15, 0.2) is 17.5 Å². The fourth-order valence-corrected chi connectivity index (χ4v) is 2.10. The van der Waals surface area contributed by atoms with Gasteiger partial charge in [-0.15, -0.1) is 0 Å². The molecule has 0 aliphatic carbocycles. The largest absolute Gasteiger partial charge is 0.502 e. The van der Waals surface area contributed by atoms with Crippen molar-refractivity contribution in [2.45, 2.75) is 0 Å². The number of carbonyl (C=O) groups is 1. The van der Waals surface area contributed by atoms with E-state index in [4.69, 9.17) is 11.6 Å². The third-order valence-corrected chi connectivity index (χ3v) is 3.27. The monoisotopic (exact) mass is 387 g/mol. The number of phenols is 1. The molecule has 0 unspecified atom stereocenters. The van der Waals surface area contributed by atoms with Crippen molar-refractivity contribution >= 4 is 35.1 Å². The first-order chi connectivity index (χ1) is 12.2. The summed E-state index contributed by atoms with van der Waals surface area (Å²) in [5, 5.41) is 22.5. The van der Waals surface area contributed by atoms with E-state index in [2.05, 4.69) is 4.99 Å². The molecule has 0 spiro atoms. The molecule has 2 N–H and O–H groups in total. The molecule has 0 aliphatic rings. The second-order valence-electron chi connectivity index (χ2n) is 4.86. The highest BCUT2D eigenvalue weighted by atomic mass is 35.5. The lowest BCUT2D eigenvalue weighted by Gasteiger charge is -2.06. The summed E-state index contributed by atoms with van der Waals surface area (Å²) in [6.07, 6.45) is 0.954. The molecule has 0 aromatic heterocycles. The fraction of sp³-hybridized carbons (Fsp3) is 0.0667. The number of benzene rings is 2. The van der Waals surface area contributed by atoms with Crippen molar-refractivity contribution in [3.05, 3.63) is 62.4 Å². The summed E-state index contributed by atoms with van der Waals surface area (Å²) in [7, 11) is 0. The SMILES string of the molecule is O=C(CN=Cc1cc(Cl)cc([N+](=O)[O-])c1O)Nc1ccc(F)c(F)c1F. The standard InChI is InChI=1S/C15H9ClF3N3O4/c16-8-3-7(15(24)11(4-8)22(25)26)5-20-6-12(23)21-10-2-1-9(17)13(18)14(10)19/h1-5,24H,6H2,(H,21,23). The minimum atomic E-state index is -1.73. The summed E-state index contributed by atoms with van der Waals surface area (Å²) in [6.45, 7) is -0.585. The quantitative estimate of drug-likeness (QED) is 0.355. The van der Waals surface area contributed by atoms with E-state index in [0.717, 1.165) is 18.3 Å². The van der Waals surface area contributed by atoms with Crippen LogP contribution in [0.5, 0.6) is 5.75 Å². The number of hydrogen-bond acceptors (Lipinski definition) is 5. The lowest BCUT2D eigenvalue weighted by molar-refractivity contribution is -0.385. The van der Waals surface area contributed by atoms with E-state index in [9.17, 15) is 33.2 Å². The van der Waals surface area contributed by atoms with Crippen LogP contribution in [0.15, 0.2) is 29.3 Å². The lowest BCUT2D eigenvalue weighted by atomic mass is 10.2. The number of nitrogens with zero attached hydrogens (tertiary/aromatic N) is 2. The molecule has 7 nitrogen and oxygen atoms in total. The van der Waals surface area contributed by atoms with Gasteiger partial charge in [-0.05, 0) is 18.2 Å². The van der Waals surface area contributed by atoms with Gasteiger partial charge in [0.05, 0.1) is 10.6 Å². The first-order valence-electron chi connectivity index (χ1n) is 6.80. The Bertz CT molecular complexity index is 921. The van der Waals surface area contributed by atoms with Crippen molar-refractivity contribution in [3.63, 3.8) is 0 Å². The van der Waals surface area contributed by atoms with Crippen LogP contribution in [0.1, 0.15) is 5.56 Å². The number of amides is 1. The Balaban J connectivity index is 2.11. The Morgan fingerprint density at radius 1 is 1.31 bits per heavy atom. The molecule has 0 radical (unpaired) electrons. The molecule has 26 heavy (non-hydrogen) atoms. The van der Waals surface area contributed by atoms with Crippen molar-refractivity contribution in [3.8, 4) is 5.75 Å². The van der Waals surface area contributed by atoms with E-state index in [1.54, 1.807) is 0 Å². The Morgan fingerprint density at radius 2 is 2.00 bits per heavy atom. The summed E-state index contributed by atoms with van der Waals surface area (Å²) in [6, 6.07) is 3.59. The van der Waals surface area contributed by atoms with Crippen LogP contribution in [0.4, 0.5) is 24.5 Å². The average Bonchev–Trinajstić information content (AvgIpc) is 2.58. The van der Waals surface area contributed by atoms with Crippen LogP contribution in [-0.4, -0.2) is 28.7 Å². The maximum atomic E-state index is 13.4. The molecule has 136 valence electrons. The topological polar surface area (TPSA) is 105 Å². The van der Waals surface area contributed by atoms with Gasteiger partial charge in [-0.25, -0.2) is 13.2 Å². The number of halogens is 4. The second kappa shape index (κ2) is 7.83. The van der Waals surface area contributed by atoms with Crippen LogP contribution in [0.3, 0.4) is 0 Å². The Kier molecular flexibility index (Phi) is 5.78. The van der Waals surface area contributed by atoms with Gasteiger partial charge in [-0.1, -0.05) is 11.6 Å². The van der Waals surface area contributed by atoms with Gasteiger partial charge in [-0.3, -0.25) is 19.9 Å². The zero-order valence-electron chi connectivity index (χ0n) is 12.7. The fourth-order valence-electron chi connectivity index (χ4n) is 1.88. The third kappa shape index (κ3) is 4.28.